The molecule has 28 heavy (non-hydrogen) atoms. The van der Waals surface area contributed by atoms with E-state index in [1.165, 1.54) is 0 Å². The summed E-state index contributed by atoms with van der Waals surface area (Å²) in [5.74, 6) is -0.651. The number of carboxylic acids is 1. The Labute approximate surface area is 165 Å². The monoisotopic (exact) mass is 390 g/mol. The Morgan fingerprint density at radius 1 is 1.18 bits per heavy atom. The van der Waals surface area contributed by atoms with E-state index in [2.05, 4.69) is 0 Å². The molecule has 1 aromatic carbocycles. The van der Waals surface area contributed by atoms with Crippen LogP contribution < -0.4 is 4.74 Å². The molecule has 1 aliphatic carbocycles. The number of benzene rings is 1. The Balaban J connectivity index is 1.77. The zero-order valence-electron chi connectivity index (χ0n) is 16.1. The number of carboxylic acid groups (broad SMARTS) is 1. The maximum atomic E-state index is 12.2. The molecule has 2 rings (SSSR count). The second-order valence-corrected chi connectivity index (χ2v) is 7.35. The van der Waals surface area contributed by atoms with Crippen LogP contribution in [0.25, 0.3) is 0 Å². The Morgan fingerprint density at radius 2 is 1.89 bits per heavy atom. The van der Waals surface area contributed by atoms with Crippen LogP contribution in [0.3, 0.4) is 0 Å². The molecule has 1 aromatic rings. The van der Waals surface area contributed by atoms with Crippen molar-refractivity contribution in [3.8, 4) is 5.75 Å². The number of Topliss-reactive ketones (excluding diaryl/α,β-unsaturated/α-hetero) is 1. The van der Waals surface area contributed by atoms with E-state index >= 15 is 0 Å². The Kier molecular flexibility index (Phi) is 9.17. The zero-order valence-corrected chi connectivity index (χ0v) is 16.1. The van der Waals surface area contributed by atoms with Gasteiger partial charge in [0.2, 0.25) is 0 Å². The fraction of sp³-hybridized carbons (Fsp3) is 0.545. The predicted molar refractivity (Wildman–Crippen MR) is 105 cm³/mol. The molecule has 0 aromatic heterocycles. The van der Waals surface area contributed by atoms with Crippen molar-refractivity contribution < 1.29 is 29.6 Å². The molecule has 0 amide bonds. The largest absolute Gasteiger partial charge is 0.491 e. The Morgan fingerprint density at radius 3 is 2.61 bits per heavy atom. The number of unbranched alkanes of at least 4 members (excludes halogenated alkanes) is 3. The van der Waals surface area contributed by atoms with Gasteiger partial charge in [0.15, 0.2) is 0 Å². The normalized spacial score (nSPS) is 23.2. The highest BCUT2D eigenvalue weighted by Gasteiger charge is 2.39. The third-order valence-corrected chi connectivity index (χ3v) is 5.12. The van der Waals surface area contributed by atoms with Crippen LogP contribution in [0.4, 0.5) is 0 Å². The number of allylic oxidation sites excluding steroid dienone is 1. The number of para-hydroxylation sites is 1. The fourth-order valence-electron chi connectivity index (χ4n) is 3.61. The number of rotatable bonds is 12. The molecular formula is C22H30O6. The lowest BCUT2D eigenvalue weighted by Crippen LogP contribution is -2.20. The number of aliphatic hydroxyl groups is 2. The van der Waals surface area contributed by atoms with Crippen LogP contribution in [-0.4, -0.2) is 45.9 Å². The number of carbonyl (C=O) groups excluding carboxylic acids is 1. The lowest BCUT2D eigenvalue weighted by molar-refractivity contribution is -0.137. The van der Waals surface area contributed by atoms with Crippen LogP contribution in [0, 0.1) is 11.8 Å². The molecule has 0 aliphatic heterocycles. The van der Waals surface area contributed by atoms with Gasteiger partial charge in [0, 0.05) is 18.8 Å². The first-order valence-corrected chi connectivity index (χ1v) is 9.94. The summed E-state index contributed by atoms with van der Waals surface area (Å²) in [5.41, 5.74) is 0. The van der Waals surface area contributed by atoms with E-state index in [4.69, 9.17) is 9.84 Å². The van der Waals surface area contributed by atoms with Crippen LogP contribution >= 0.6 is 0 Å². The smallest absolute Gasteiger partial charge is 0.303 e. The molecule has 4 atom stereocenters. The number of aliphatic hydroxyl groups excluding tert-OH is 2. The summed E-state index contributed by atoms with van der Waals surface area (Å²) in [7, 11) is 0. The zero-order chi connectivity index (χ0) is 20.4. The average molecular weight is 390 g/mol. The van der Waals surface area contributed by atoms with Gasteiger partial charge in [-0.1, -0.05) is 49.6 Å². The molecule has 1 fully saturated rings. The van der Waals surface area contributed by atoms with Gasteiger partial charge in [-0.3, -0.25) is 9.59 Å². The summed E-state index contributed by atoms with van der Waals surface area (Å²) < 4.78 is 5.50. The van der Waals surface area contributed by atoms with Crippen molar-refractivity contribution in [3.05, 3.63) is 42.5 Å². The summed E-state index contributed by atoms with van der Waals surface area (Å²) in [6.45, 7) is 0.0955. The van der Waals surface area contributed by atoms with E-state index in [0.29, 0.717) is 18.6 Å². The van der Waals surface area contributed by atoms with Crippen LogP contribution in [-0.2, 0) is 9.59 Å². The molecule has 6 heteroatoms. The Bertz CT molecular complexity index is 642. The first kappa shape index (κ1) is 22.1. The second-order valence-electron chi connectivity index (χ2n) is 7.35. The van der Waals surface area contributed by atoms with Crippen LogP contribution in [0.1, 0.15) is 44.9 Å². The molecule has 0 saturated heterocycles. The van der Waals surface area contributed by atoms with Crippen molar-refractivity contribution in [1.82, 2.24) is 0 Å². The number of ether oxygens (including phenoxy) is 1. The van der Waals surface area contributed by atoms with Gasteiger partial charge in [-0.25, -0.2) is 0 Å². The molecule has 0 unspecified atom stereocenters. The van der Waals surface area contributed by atoms with Crippen LogP contribution in [0.5, 0.6) is 5.75 Å². The lowest BCUT2D eigenvalue weighted by atomic mass is 9.88. The number of ketones is 1. The number of carbonyl (C=O) groups is 2. The predicted octanol–water partition coefficient (Wildman–Crippen LogP) is 2.97. The van der Waals surface area contributed by atoms with Crippen molar-refractivity contribution in [3.63, 3.8) is 0 Å². The molecular weight excluding hydrogens is 360 g/mol. The van der Waals surface area contributed by atoms with Crippen molar-refractivity contribution >= 4 is 11.8 Å². The molecule has 154 valence electrons. The number of hydrogen-bond acceptors (Lipinski definition) is 5. The Hall–Kier alpha value is -2.18. The van der Waals surface area contributed by atoms with E-state index in [-0.39, 0.29) is 37.1 Å². The minimum atomic E-state index is -0.831. The summed E-state index contributed by atoms with van der Waals surface area (Å²) >= 11 is 0. The van der Waals surface area contributed by atoms with E-state index in [0.717, 1.165) is 19.3 Å². The minimum absolute atomic E-state index is 0.00388. The second kappa shape index (κ2) is 11.6. The molecule has 3 N–H and O–H groups in total. The molecule has 1 aliphatic rings. The summed E-state index contributed by atoms with van der Waals surface area (Å²) in [6, 6.07) is 9.19. The summed E-state index contributed by atoms with van der Waals surface area (Å²) in [5, 5.41) is 28.9. The third kappa shape index (κ3) is 7.44. The maximum absolute atomic E-state index is 12.2. The van der Waals surface area contributed by atoms with Gasteiger partial charge in [-0.05, 0) is 30.9 Å². The minimum Gasteiger partial charge on any atom is -0.491 e. The lowest BCUT2D eigenvalue weighted by Gasteiger charge is -2.19. The highest BCUT2D eigenvalue weighted by atomic mass is 16.5. The molecule has 6 nitrogen and oxygen atoms in total. The molecule has 0 heterocycles. The molecule has 0 bridgehead atoms. The van der Waals surface area contributed by atoms with Crippen molar-refractivity contribution in [2.75, 3.05) is 6.61 Å². The van der Waals surface area contributed by atoms with E-state index in [9.17, 15) is 19.8 Å². The summed E-state index contributed by atoms with van der Waals surface area (Å²) in [4.78, 5) is 22.7. The van der Waals surface area contributed by atoms with Crippen molar-refractivity contribution in [2.45, 2.75) is 57.2 Å². The number of hydrogen-bond donors (Lipinski definition) is 3. The highest BCUT2D eigenvalue weighted by molar-refractivity contribution is 5.85. The molecule has 0 spiro atoms. The fourth-order valence-corrected chi connectivity index (χ4v) is 3.61. The molecule has 0 radical (unpaired) electrons. The van der Waals surface area contributed by atoms with Gasteiger partial charge in [0.25, 0.3) is 0 Å². The first-order valence-electron chi connectivity index (χ1n) is 9.94. The van der Waals surface area contributed by atoms with Crippen molar-refractivity contribution in [2.24, 2.45) is 11.8 Å². The van der Waals surface area contributed by atoms with Gasteiger partial charge >= 0.3 is 5.97 Å². The van der Waals surface area contributed by atoms with E-state index in [1.807, 2.05) is 18.2 Å². The number of aliphatic carboxylic acids is 1. The van der Waals surface area contributed by atoms with Gasteiger partial charge < -0.3 is 20.1 Å². The van der Waals surface area contributed by atoms with Gasteiger partial charge in [-0.2, -0.15) is 0 Å². The third-order valence-electron chi connectivity index (χ3n) is 5.12. The van der Waals surface area contributed by atoms with Gasteiger partial charge in [0.1, 0.15) is 24.2 Å². The quantitative estimate of drug-likeness (QED) is 0.374. The van der Waals surface area contributed by atoms with E-state index < -0.39 is 18.2 Å². The van der Waals surface area contributed by atoms with Crippen LogP contribution in [0.2, 0.25) is 0 Å². The average Bonchev–Trinajstić information content (AvgIpc) is 2.94. The summed E-state index contributed by atoms with van der Waals surface area (Å²) in [6.07, 6.45) is 6.04. The molecule has 1 saturated carbocycles. The first-order chi connectivity index (χ1) is 13.5. The van der Waals surface area contributed by atoms with Gasteiger partial charge in [0.05, 0.1) is 6.10 Å². The van der Waals surface area contributed by atoms with Crippen LogP contribution in [0.15, 0.2) is 42.5 Å². The SMILES string of the molecule is O=C(O)CCCCCC[C@H]1[C@@H](O)CC(=O)[C@@H]1/C=C/[C@@H](O)COc1ccccc1. The van der Waals surface area contributed by atoms with Crippen molar-refractivity contribution in [1.29, 1.82) is 0 Å². The standard InChI is InChI=1S/C22H30O6/c23-16(15-28-17-8-4-3-5-9-17)12-13-19-18(20(24)14-21(19)25)10-6-1-2-7-11-22(26)27/h3-5,8-9,12-13,16,18-20,23-24H,1-2,6-7,10-11,14-15H2,(H,26,27)/b13-12+/t16-,18-,19-,20+/m1/s1. The topological polar surface area (TPSA) is 104 Å². The maximum Gasteiger partial charge on any atom is 0.303 e. The highest BCUT2D eigenvalue weighted by Crippen LogP contribution is 2.34. The van der Waals surface area contributed by atoms with E-state index in [1.54, 1.807) is 24.3 Å². The van der Waals surface area contributed by atoms with Gasteiger partial charge in [-0.15, -0.1) is 0 Å².